The molecular weight excluding hydrogens is 406 g/mol. The van der Waals surface area contributed by atoms with E-state index in [4.69, 9.17) is 0 Å². The zero-order valence-electron chi connectivity index (χ0n) is 16.2. The molecule has 3 amide bonds. The fourth-order valence-electron chi connectivity index (χ4n) is 3.70. The standard InChI is InChI=1S/C21H21N3O5S/c25-19(7-3-12-23-20(26)17-5-1-2-6-18(17)21(23)27)22-15-8-10-16(11-9-15)24-13-4-14-30(24,28)29/h1-2,5-6,8-11H,3-4,7,12-14H2,(H,22,25). The van der Waals surface area contributed by atoms with Crippen LogP contribution in [0.1, 0.15) is 40.0 Å². The van der Waals surface area contributed by atoms with Crippen LogP contribution in [0.4, 0.5) is 11.4 Å². The molecular formula is C21H21N3O5S. The number of imide groups is 1. The number of benzene rings is 2. The maximum absolute atomic E-state index is 12.3. The van der Waals surface area contributed by atoms with Crippen LogP contribution >= 0.6 is 0 Å². The highest BCUT2D eigenvalue weighted by Gasteiger charge is 2.34. The molecule has 4 rings (SSSR count). The van der Waals surface area contributed by atoms with Gasteiger partial charge in [0.2, 0.25) is 15.9 Å². The van der Waals surface area contributed by atoms with Gasteiger partial charge in [-0.25, -0.2) is 8.42 Å². The van der Waals surface area contributed by atoms with Crippen LogP contribution in [0.2, 0.25) is 0 Å². The van der Waals surface area contributed by atoms with Gasteiger partial charge in [0.1, 0.15) is 0 Å². The number of carbonyl (C=O) groups excluding carboxylic acids is 3. The molecule has 9 heteroatoms. The van der Waals surface area contributed by atoms with Crippen molar-refractivity contribution in [3.8, 4) is 0 Å². The molecule has 1 fully saturated rings. The van der Waals surface area contributed by atoms with E-state index in [2.05, 4.69) is 5.32 Å². The SMILES string of the molecule is O=C(CCCN1C(=O)c2ccccc2C1=O)Nc1ccc(N2CCCS2(=O)=O)cc1. The van der Waals surface area contributed by atoms with Crippen molar-refractivity contribution in [1.82, 2.24) is 4.90 Å². The lowest BCUT2D eigenvalue weighted by Gasteiger charge is -2.17. The number of carbonyl (C=O) groups is 3. The third kappa shape index (κ3) is 3.80. The fourth-order valence-corrected chi connectivity index (χ4v) is 5.27. The first-order valence-electron chi connectivity index (χ1n) is 9.72. The highest BCUT2D eigenvalue weighted by atomic mass is 32.2. The van der Waals surface area contributed by atoms with Gasteiger partial charge in [-0.1, -0.05) is 12.1 Å². The van der Waals surface area contributed by atoms with Crippen molar-refractivity contribution >= 4 is 39.1 Å². The summed E-state index contributed by atoms with van der Waals surface area (Å²) in [6, 6.07) is 13.3. The molecule has 156 valence electrons. The zero-order valence-corrected chi connectivity index (χ0v) is 17.0. The van der Waals surface area contributed by atoms with Crippen LogP contribution in [0.5, 0.6) is 0 Å². The minimum Gasteiger partial charge on any atom is -0.326 e. The van der Waals surface area contributed by atoms with Crippen molar-refractivity contribution in [1.29, 1.82) is 0 Å². The van der Waals surface area contributed by atoms with Gasteiger partial charge in [0.05, 0.1) is 22.6 Å². The summed E-state index contributed by atoms with van der Waals surface area (Å²) >= 11 is 0. The Kier molecular flexibility index (Phi) is 5.29. The van der Waals surface area contributed by atoms with Gasteiger partial charge in [0, 0.05) is 25.2 Å². The number of sulfonamides is 1. The normalized spacial score (nSPS) is 17.3. The molecule has 2 aliphatic rings. The van der Waals surface area contributed by atoms with Crippen molar-refractivity contribution in [2.75, 3.05) is 28.5 Å². The van der Waals surface area contributed by atoms with Gasteiger partial charge < -0.3 is 5.32 Å². The maximum atomic E-state index is 12.3. The highest BCUT2D eigenvalue weighted by Crippen LogP contribution is 2.26. The summed E-state index contributed by atoms with van der Waals surface area (Å²) in [6.45, 7) is 0.636. The summed E-state index contributed by atoms with van der Waals surface area (Å²) in [4.78, 5) is 38.0. The second-order valence-electron chi connectivity index (χ2n) is 7.25. The van der Waals surface area contributed by atoms with E-state index < -0.39 is 10.0 Å². The topological polar surface area (TPSA) is 104 Å². The summed E-state index contributed by atoms with van der Waals surface area (Å²) in [7, 11) is -3.24. The molecule has 0 spiro atoms. The van der Waals surface area contributed by atoms with E-state index in [1.165, 1.54) is 9.21 Å². The number of hydrogen-bond donors (Lipinski definition) is 1. The molecule has 0 radical (unpaired) electrons. The summed E-state index contributed by atoms with van der Waals surface area (Å²) < 4.78 is 25.3. The van der Waals surface area contributed by atoms with Crippen LogP contribution in [0.25, 0.3) is 0 Å². The molecule has 8 nitrogen and oxygen atoms in total. The van der Waals surface area contributed by atoms with E-state index in [-0.39, 0.29) is 36.4 Å². The first-order chi connectivity index (χ1) is 14.4. The van der Waals surface area contributed by atoms with Crippen LogP contribution in [-0.4, -0.2) is 49.9 Å². The monoisotopic (exact) mass is 427 g/mol. The largest absolute Gasteiger partial charge is 0.326 e. The fraction of sp³-hybridized carbons (Fsp3) is 0.286. The minimum atomic E-state index is -3.24. The number of nitrogens with one attached hydrogen (secondary N) is 1. The molecule has 0 saturated carbocycles. The van der Waals surface area contributed by atoms with Crippen LogP contribution in [0.15, 0.2) is 48.5 Å². The van der Waals surface area contributed by atoms with E-state index >= 15 is 0 Å². The quantitative estimate of drug-likeness (QED) is 0.712. The summed E-state index contributed by atoms with van der Waals surface area (Å²) in [6.07, 6.45) is 1.10. The van der Waals surface area contributed by atoms with Crippen molar-refractivity contribution in [3.63, 3.8) is 0 Å². The molecule has 2 heterocycles. The van der Waals surface area contributed by atoms with E-state index in [9.17, 15) is 22.8 Å². The lowest BCUT2D eigenvalue weighted by atomic mass is 10.1. The predicted octanol–water partition coefficient (Wildman–Crippen LogP) is 2.24. The number of hydrogen-bond acceptors (Lipinski definition) is 5. The van der Waals surface area contributed by atoms with Gasteiger partial charge in [-0.3, -0.25) is 23.6 Å². The van der Waals surface area contributed by atoms with Gasteiger partial charge in [0.25, 0.3) is 11.8 Å². The van der Waals surface area contributed by atoms with E-state index in [0.717, 1.165) is 0 Å². The Morgan fingerprint density at radius 1 is 0.967 bits per heavy atom. The van der Waals surface area contributed by atoms with Gasteiger partial charge >= 0.3 is 0 Å². The number of rotatable bonds is 6. The molecule has 1 saturated heterocycles. The molecule has 0 unspecified atom stereocenters. The molecule has 0 atom stereocenters. The first kappa shape index (κ1) is 20.1. The molecule has 0 aliphatic carbocycles. The van der Waals surface area contributed by atoms with Crippen LogP contribution in [0, 0.1) is 0 Å². The second-order valence-corrected chi connectivity index (χ2v) is 9.26. The third-order valence-corrected chi connectivity index (χ3v) is 7.07. The average Bonchev–Trinajstić information content (AvgIpc) is 3.20. The van der Waals surface area contributed by atoms with Crippen molar-refractivity contribution in [2.24, 2.45) is 0 Å². The number of anilines is 2. The summed E-state index contributed by atoms with van der Waals surface area (Å²) in [5.74, 6) is -0.751. The Bertz CT molecular complexity index is 1080. The Balaban J connectivity index is 1.29. The summed E-state index contributed by atoms with van der Waals surface area (Å²) in [5, 5.41) is 2.75. The molecule has 0 bridgehead atoms. The molecule has 2 aliphatic heterocycles. The molecule has 0 aromatic heterocycles. The number of amides is 3. The summed E-state index contributed by atoms with van der Waals surface area (Å²) in [5.41, 5.74) is 1.93. The van der Waals surface area contributed by atoms with Crippen LogP contribution in [-0.2, 0) is 14.8 Å². The third-order valence-electron chi connectivity index (χ3n) is 5.20. The van der Waals surface area contributed by atoms with Crippen molar-refractivity contribution in [2.45, 2.75) is 19.3 Å². The van der Waals surface area contributed by atoms with Crippen LogP contribution < -0.4 is 9.62 Å². The molecule has 1 N–H and O–H groups in total. The predicted molar refractivity (Wildman–Crippen MR) is 112 cm³/mol. The highest BCUT2D eigenvalue weighted by molar-refractivity contribution is 7.93. The zero-order chi connectivity index (χ0) is 21.3. The van der Waals surface area contributed by atoms with Gasteiger partial charge in [-0.15, -0.1) is 0 Å². The first-order valence-corrected chi connectivity index (χ1v) is 11.3. The van der Waals surface area contributed by atoms with Crippen molar-refractivity contribution < 1.29 is 22.8 Å². The van der Waals surface area contributed by atoms with Gasteiger partial charge in [-0.05, 0) is 49.2 Å². The molecule has 30 heavy (non-hydrogen) atoms. The Hall–Kier alpha value is -3.20. The lowest BCUT2D eigenvalue weighted by molar-refractivity contribution is -0.116. The van der Waals surface area contributed by atoms with Crippen LogP contribution in [0.3, 0.4) is 0 Å². The Labute approximate surface area is 174 Å². The number of fused-ring (bicyclic) bond motifs is 1. The smallest absolute Gasteiger partial charge is 0.261 e. The Morgan fingerprint density at radius 3 is 2.17 bits per heavy atom. The minimum absolute atomic E-state index is 0.148. The lowest BCUT2D eigenvalue weighted by Crippen LogP contribution is -2.31. The van der Waals surface area contributed by atoms with Gasteiger partial charge in [-0.2, -0.15) is 0 Å². The Morgan fingerprint density at radius 2 is 1.60 bits per heavy atom. The molecule has 2 aromatic rings. The van der Waals surface area contributed by atoms with Crippen molar-refractivity contribution in [3.05, 3.63) is 59.7 Å². The second kappa shape index (κ2) is 7.91. The maximum Gasteiger partial charge on any atom is 0.261 e. The van der Waals surface area contributed by atoms with Gasteiger partial charge in [0.15, 0.2) is 0 Å². The van der Waals surface area contributed by atoms with E-state index in [1.54, 1.807) is 48.5 Å². The molecule has 2 aromatic carbocycles. The van der Waals surface area contributed by atoms with E-state index in [1.807, 2.05) is 0 Å². The average molecular weight is 427 g/mol. The number of nitrogens with zero attached hydrogens (tertiary/aromatic N) is 2. The van der Waals surface area contributed by atoms with E-state index in [0.29, 0.717) is 41.9 Å².